The molecule has 2 aliphatic rings. The first kappa shape index (κ1) is 20.0. The Morgan fingerprint density at radius 2 is 1.97 bits per heavy atom. The number of rotatable bonds is 4. The maximum atomic E-state index is 12.9. The van der Waals surface area contributed by atoms with Crippen molar-refractivity contribution in [3.63, 3.8) is 0 Å². The monoisotopic (exact) mass is 412 g/mol. The molecular formula is C23H28N2O3S. The van der Waals surface area contributed by atoms with E-state index in [9.17, 15) is 9.59 Å². The van der Waals surface area contributed by atoms with Crippen LogP contribution in [0.4, 0.5) is 5.00 Å². The second-order valence-corrected chi connectivity index (χ2v) is 9.76. The first-order valence-corrected chi connectivity index (χ1v) is 11.1. The smallest absolute Gasteiger partial charge is 0.337 e. The van der Waals surface area contributed by atoms with Gasteiger partial charge in [-0.1, -0.05) is 39.3 Å². The van der Waals surface area contributed by atoms with Gasteiger partial charge in [-0.3, -0.25) is 4.79 Å². The van der Waals surface area contributed by atoms with Gasteiger partial charge in [0.2, 0.25) is 0 Å². The molecule has 2 atom stereocenters. The van der Waals surface area contributed by atoms with E-state index in [1.807, 2.05) is 12.1 Å². The number of esters is 1. The van der Waals surface area contributed by atoms with Crippen molar-refractivity contribution in [2.75, 3.05) is 12.4 Å². The average Bonchev–Trinajstić information content (AvgIpc) is 3.11. The zero-order valence-corrected chi connectivity index (χ0v) is 18.2. The van der Waals surface area contributed by atoms with Crippen LogP contribution in [0.5, 0.6) is 0 Å². The van der Waals surface area contributed by atoms with E-state index >= 15 is 0 Å². The number of fused-ring (bicyclic) bond motifs is 3. The molecule has 4 rings (SSSR count). The summed E-state index contributed by atoms with van der Waals surface area (Å²) in [7, 11) is 1.37. The molecule has 2 aromatic rings. The lowest BCUT2D eigenvalue weighted by Gasteiger charge is -2.36. The van der Waals surface area contributed by atoms with Crippen LogP contribution in [0.15, 0.2) is 24.3 Å². The standard InChI is InChI=1S/C23H28N2O3S/c1-5-23(2,3)15-10-11-16-17(12-15)29-21-18(16)20(26)24-19(25-21)13-6-8-14(9-7-13)22(27)28-4/h6-9,15,19,25H,5,10-12H2,1-4H3,(H,24,26)/t15-,19-/m0/s1. The van der Waals surface area contributed by atoms with Gasteiger partial charge in [-0.15, -0.1) is 11.3 Å². The maximum Gasteiger partial charge on any atom is 0.337 e. The molecule has 0 radical (unpaired) electrons. The molecule has 6 heteroatoms. The van der Waals surface area contributed by atoms with Gasteiger partial charge in [0, 0.05) is 4.88 Å². The van der Waals surface area contributed by atoms with E-state index in [1.54, 1.807) is 23.5 Å². The highest BCUT2D eigenvalue weighted by Gasteiger charge is 2.37. The van der Waals surface area contributed by atoms with E-state index in [2.05, 4.69) is 31.4 Å². The third kappa shape index (κ3) is 3.54. The normalized spacial score (nSPS) is 20.9. The summed E-state index contributed by atoms with van der Waals surface area (Å²) in [6.07, 6.45) is 4.04. The number of ether oxygens (including phenoxy) is 1. The van der Waals surface area contributed by atoms with E-state index < -0.39 is 0 Å². The third-order valence-electron chi connectivity index (χ3n) is 6.72. The number of nitrogens with one attached hydrogen (secondary N) is 2. The van der Waals surface area contributed by atoms with Gasteiger partial charge in [-0.05, 0) is 53.9 Å². The number of thiophene rings is 1. The predicted molar refractivity (Wildman–Crippen MR) is 116 cm³/mol. The van der Waals surface area contributed by atoms with Crippen molar-refractivity contribution in [1.29, 1.82) is 0 Å². The lowest BCUT2D eigenvalue weighted by molar-refractivity contribution is 0.0600. The molecule has 0 spiro atoms. The highest BCUT2D eigenvalue weighted by molar-refractivity contribution is 7.16. The summed E-state index contributed by atoms with van der Waals surface area (Å²) in [6.45, 7) is 6.98. The quantitative estimate of drug-likeness (QED) is 0.699. The van der Waals surface area contributed by atoms with Crippen molar-refractivity contribution in [1.82, 2.24) is 5.32 Å². The Kier molecular flexibility index (Phi) is 5.15. The van der Waals surface area contributed by atoms with Crippen LogP contribution in [-0.4, -0.2) is 19.0 Å². The second-order valence-electron chi connectivity index (χ2n) is 8.65. The number of benzene rings is 1. The molecule has 1 aromatic heterocycles. The van der Waals surface area contributed by atoms with Gasteiger partial charge in [0.25, 0.3) is 5.91 Å². The first-order valence-electron chi connectivity index (χ1n) is 10.2. The first-order chi connectivity index (χ1) is 13.8. The minimum absolute atomic E-state index is 0.00787. The molecule has 2 N–H and O–H groups in total. The number of amides is 1. The van der Waals surface area contributed by atoms with Gasteiger partial charge in [0.15, 0.2) is 0 Å². The van der Waals surface area contributed by atoms with Crippen molar-refractivity contribution in [2.45, 2.75) is 52.6 Å². The predicted octanol–water partition coefficient (Wildman–Crippen LogP) is 4.93. The summed E-state index contributed by atoms with van der Waals surface area (Å²) in [6, 6.07) is 7.15. The number of methoxy groups -OCH3 is 1. The van der Waals surface area contributed by atoms with Crippen LogP contribution in [0.2, 0.25) is 0 Å². The topological polar surface area (TPSA) is 67.4 Å². The Hall–Kier alpha value is -2.34. The Balaban J connectivity index is 1.58. The lowest BCUT2D eigenvalue weighted by atomic mass is 9.69. The van der Waals surface area contributed by atoms with Gasteiger partial charge >= 0.3 is 5.97 Å². The highest BCUT2D eigenvalue weighted by atomic mass is 32.1. The molecule has 5 nitrogen and oxygen atoms in total. The van der Waals surface area contributed by atoms with Crippen molar-refractivity contribution >= 4 is 28.2 Å². The van der Waals surface area contributed by atoms with Crippen LogP contribution < -0.4 is 10.6 Å². The molecule has 2 heterocycles. The Labute approximate surface area is 175 Å². The fraction of sp³-hybridized carbons (Fsp3) is 0.478. The molecule has 1 aromatic carbocycles. The summed E-state index contributed by atoms with van der Waals surface area (Å²) >= 11 is 1.74. The van der Waals surface area contributed by atoms with Crippen molar-refractivity contribution < 1.29 is 14.3 Å². The number of carbonyl (C=O) groups excluding carboxylic acids is 2. The maximum absolute atomic E-state index is 12.9. The van der Waals surface area contributed by atoms with Crippen molar-refractivity contribution in [3.8, 4) is 0 Å². The minimum atomic E-state index is -0.366. The molecule has 0 saturated carbocycles. The van der Waals surface area contributed by atoms with Crippen molar-refractivity contribution in [2.24, 2.45) is 11.3 Å². The van der Waals surface area contributed by atoms with Crippen LogP contribution >= 0.6 is 11.3 Å². The highest BCUT2D eigenvalue weighted by Crippen LogP contribution is 2.46. The van der Waals surface area contributed by atoms with Gasteiger partial charge in [0.05, 0.1) is 18.2 Å². The molecule has 0 unspecified atom stereocenters. The second kappa shape index (κ2) is 7.48. The molecular weight excluding hydrogens is 384 g/mol. The Bertz CT molecular complexity index is 946. The van der Waals surface area contributed by atoms with Gasteiger partial charge in [0.1, 0.15) is 11.2 Å². The van der Waals surface area contributed by atoms with Crippen LogP contribution in [0.25, 0.3) is 0 Å². The van der Waals surface area contributed by atoms with Gasteiger partial charge in [-0.25, -0.2) is 4.79 Å². The molecule has 0 bridgehead atoms. The summed E-state index contributed by atoms with van der Waals surface area (Å²) in [5, 5.41) is 7.55. The fourth-order valence-electron chi connectivity index (χ4n) is 4.35. The molecule has 29 heavy (non-hydrogen) atoms. The summed E-state index contributed by atoms with van der Waals surface area (Å²) in [5.74, 6) is 0.284. The van der Waals surface area contributed by atoms with E-state index in [-0.39, 0.29) is 18.0 Å². The summed E-state index contributed by atoms with van der Waals surface area (Å²) in [5.41, 5.74) is 3.79. The Morgan fingerprint density at radius 1 is 1.24 bits per heavy atom. The molecule has 1 aliphatic carbocycles. The largest absolute Gasteiger partial charge is 0.465 e. The van der Waals surface area contributed by atoms with Crippen molar-refractivity contribution in [3.05, 3.63) is 51.4 Å². The number of anilines is 1. The van der Waals surface area contributed by atoms with E-state index in [0.29, 0.717) is 16.9 Å². The fourth-order valence-corrected chi connectivity index (χ4v) is 5.70. The van der Waals surface area contributed by atoms with Crippen LogP contribution in [0.3, 0.4) is 0 Å². The van der Waals surface area contributed by atoms with E-state index in [4.69, 9.17) is 4.74 Å². The molecule has 154 valence electrons. The summed E-state index contributed by atoms with van der Waals surface area (Å²) < 4.78 is 4.75. The van der Waals surface area contributed by atoms with Crippen LogP contribution in [-0.2, 0) is 17.6 Å². The lowest BCUT2D eigenvalue weighted by Crippen LogP contribution is -2.38. The van der Waals surface area contributed by atoms with Gasteiger partial charge in [-0.2, -0.15) is 0 Å². The van der Waals surface area contributed by atoms with Gasteiger partial charge < -0.3 is 15.4 Å². The summed E-state index contributed by atoms with van der Waals surface area (Å²) in [4.78, 5) is 25.9. The number of carbonyl (C=O) groups is 2. The molecule has 1 aliphatic heterocycles. The minimum Gasteiger partial charge on any atom is -0.465 e. The zero-order valence-electron chi connectivity index (χ0n) is 17.4. The molecule has 0 saturated heterocycles. The molecule has 0 fully saturated rings. The SMILES string of the molecule is CCC(C)(C)[C@H]1CCc2c(sc3c2C(=O)N[C@H](c2ccc(C(=O)OC)cc2)N3)C1. The Morgan fingerprint density at radius 3 is 2.62 bits per heavy atom. The van der Waals surface area contributed by atoms with E-state index in [0.717, 1.165) is 35.4 Å². The molecule has 1 amide bonds. The number of hydrogen-bond donors (Lipinski definition) is 2. The van der Waals surface area contributed by atoms with Crippen LogP contribution in [0.1, 0.15) is 76.5 Å². The zero-order chi connectivity index (χ0) is 20.8. The number of hydrogen-bond acceptors (Lipinski definition) is 5. The third-order valence-corrected chi connectivity index (χ3v) is 7.91. The van der Waals surface area contributed by atoms with E-state index in [1.165, 1.54) is 24.0 Å². The van der Waals surface area contributed by atoms with Crippen LogP contribution in [0, 0.1) is 11.3 Å². The average molecular weight is 413 g/mol.